The molecule has 2 atom stereocenters. The van der Waals surface area contributed by atoms with E-state index < -0.39 is 16.3 Å². The predicted molar refractivity (Wildman–Crippen MR) is 82.9 cm³/mol. The summed E-state index contributed by atoms with van der Waals surface area (Å²) >= 11 is 0. The maximum atomic E-state index is 12.2. The number of nitrogens with zero attached hydrogens (tertiary/aromatic N) is 1. The minimum absolute atomic E-state index is 0.239. The first-order valence-electron chi connectivity index (χ1n) is 7.47. The molecule has 21 heavy (non-hydrogen) atoms. The maximum absolute atomic E-state index is 12.2. The second-order valence-electron chi connectivity index (χ2n) is 5.72. The molecule has 1 aromatic carbocycles. The van der Waals surface area contributed by atoms with Gasteiger partial charge in [0.05, 0.1) is 6.10 Å². The Morgan fingerprint density at radius 1 is 1.38 bits per heavy atom. The molecule has 2 unspecified atom stereocenters. The van der Waals surface area contributed by atoms with E-state index in [2.05, 4.69) is 11.6 Å². The minimum atomic E-state index is -3.42. The highest BCUT2D eigenvalue weighted by Crippen LogP contribution is 2.18. The van der Waals surface area contributed by atoms with Crippen LogP contribution in [0.25, 0.3) is 0 Å². The van der Waals surface area contributed by atoms with Gasteiger partial charge in [-0.25, -0.2) is 4.72 Å². The number of hydrogen-bond donors (Lipinski definition) is 2. The van der Waals surface area contributed by atoms with Crippen LogP contribution >= 0.6 is 0 Å². The van der Waals surface area contributed by atoms with Crippen molar-refractivity contribution >= 4 is 10.2 Å². The van der Waals surface area contributed by atoms with Crippen molar-refractivity contribution in [1.29, 1.82) is 0 Å². The van der Waals surface area contributed by atoms with E-state index >= 15 is 0 Å². The summed E-state index contributed by atoms with van der Waals surface area (Å²) in [6.45, 7) is 3.47. The van der Waals surface area contributed by atoms with Gasteiger partial charge in [0, 0.05) is 19.6 Å². The maximum Gasteiger partial charge on any atom is 0.279 e. The fraction of sp³-hybridized carbons (Fsp3) is 0.600. The topological polar surface area (TPSA) is 69.6 Å². The monoisotopic (exact) mass is 312 g/mol. The van der Waals surface area contributed by atoms with E-state index in [0.717, 1.165) is 18.4 Å². The van der Waals surface area contributed by atoms with Gasteiger partial charge in [0.1, 0.15) is 0 Å². The summed E-state index contributed by atoms with van der Waals surface area (Å²) in [4.78, 5) is 0. The smallest absolute Gasteiger partial charge is 0.279 e. The Labute approximate surface area is 127 Å². The Hall–Kier alpha value is -0.950. The second kappa shape index (κ2) is 7.35. The van der Waals surface area contributed by atoms with Gasteiger partial charge in [0.25, 0.3) is 10.2 Å². The number of piperidine rings is 1. The Morgan fingerprint density at radius 2 is 2.10 bits per heavy atom. The first kappa shape index (κ1) is 16.4. The molecular formula is C15H24N2O3S. The molecule has 1 saturated heterocycles. The number of benzene rings is 1. The molecule has 0 aromatic heterocycles. The fourth-order valence-corrected chi connectivity index (χ4v) is 4.00. The molecule has 118 valence electrons. The third-order valence-corrected chi connectivity index (χ3v) is 5.43. The molecule has 5 nitrogen and oxygen atoms in total. The SMILES string of the molecule is CC1CCCN(S(=O)(=O)NCCC(O)c2ccccc2)C1. The first-order chi connectivity index (χ1) is 9.99. The molecule has 1 fully saturated rings. The van der Waals surface area contributed by atoms with E-state index in [1.807, 2.05) is 30.3 Å². The molecule has 1 aliphatic rings. The highest BCUT2D eigenvalue weighted by atomic mass is 32.2. The number of rotatable bonds is 6. The van der Waals surface area contributed by atoms with Crippen molar-refractivity contribution in [3.63, 3.8) is 0 Å². The zero-order valence-electron chi connectivity index (χ0n) is 12.4. The fourth-order valence-electron chi connectivity index (χ4n) is 2.62. The van der Waals surface area contributed by atoms with Crippen LogP contribution in [0.2, 0.25) is 0 Å². The Bertz CT molecular complexity index is 533. The summed E-state index contributed by atoms with van der Waals surface area (Å²) < 4.78 is 28.5. The van der Waals surface area contributed by atoms with E-state index in [-0.39, 0.29) is 6.54 Å². The lowest BCUT2D eigenvalue weighted by Gasteiger charge is -2.30. The van der Waals surface area contributed by atoms with Crippen molar-refractivity contribution in [2.45, 2.75) is 32.3 Å². The molecule has 6 heteroatoms. The lowest BCUT2D eigenvalue weighted by Crippen LogP contribution is -2.45. The van der Waals surface area contributed by atoms with Gasteiger partial charge < -0.3 is 5.11 Å². The van der Waals surface area contributed by atoms with Gasteiger partial charge >= 0.3 is 0 Å². The van der Waals surface area contributed by atoms with Crippen LogP contribution in [0.4, 0.5) is 0 Å². The van der Waals surface area contributed by atoms with Crippen LogP contribution in [-0.2, 0) is 10.2 Å². The number of aliphatic hydroxyl groups is 1. The van der Waals surface area contributed by atoms with Crippen molar-refractivity contribution < 1.29 is 13.5 Å². The minimum Gasteiger partial charge on any atom is -0.388 e. The molecule has 0 aliphatic carbocycles. The molecule has 0 bridgehead atoms. The van der Waals surface area contributed by atoms with Crippen LogP contribution < -0.4 is 4.72 Å². The van der Waals surface area contributed by atoms with E-state index in [1.54, 1.807) is 0 Å². The summed E-state index contributed by atoms with van der Waals surface area (Å²) in [7, 11) is -3.42. The van der Waals surface area contributed by atoms with Crippen LogP contribution in [0.15, 0.2) is 30.3 Å². The Balaban J connectivity index is 1.82. The van der Waals surface area contributed by atoms with E-state index in [1.165, 1.54) is 4.31 Å². The van der Waals surface area contributed by atoms with Gasteiger partial charge in [-0.1, -0.05) is 37.3 Å². The Morgan fingerprint density at radius 3 is 2.76 bits per heavy atom. The Kier molecular flexibility index (Phi) is 5.75. The third-order valence-electron chi connectivity index (χ3n) is 3.85. The molecule has 0 spiro atoms. The van der Waals surface area contributed by atoms with Gasteiger partial charge in [0.2, 0.25) is 0 Å². The molecule has 0 radical (unpaired) electrons. The average molecular weight is 312 g/mol. The van der Waals surface area contributed by atoms with Crippen LogP contribution in [0.5, 0.6) is 0 Å². The largest absolute Gasteiger partial charge is 0.388 e. The highest BCUT2D eigenvalue weighted by molar-refractivity contribution is 7.87. The van der Waals surface area contributed by atoms with E-state index in [0.29, 0.717) is 25.4 Å². The molecule has 1 aromatic rings. The summed E-state index contributed by atoms with van der Waals surface area (Å²) in [5.41, 5.74) is 0.809. The van der Waals surface area contributed by atoms with Crippen molar-refractivity contribution in [3.8, 4) is 0 Å². The summed E-state index contributed by atoms with van der Waals surface area (Å²) in [6, 6.07) is 9.28. The normalized spacial score (nSPS) is 22.1. The molecule has 2 N–H and O–H groups in total. The summed E-state index contributed by atoms with van der Waals surface area (Å²) in [5, 5.41) is 10.0. The second-order valence-corrected chi connectivity index (χ2v) is 7.48. The van der Waals surface area contributed by atoms with Gasteiger partial charge in [-0.2, -0.15) is 12.7 Å². The average Bonchev–Trinajstić information content (AvgIpc) is 2.48. The zero-order chi connectivity index (χ0) is 15.3. The number of aliphatic hydroxyl groups excluding tert-OH is 1. The molecule has 1 heterocycles. The van der Waals surface area contributed by atoms with E-state index in [4.69, 9.17) is 0 Å². The van der Waals surface area contributed by atoms with Gasteiger partial charge in [-0.3, -0.25) is 0 Å². The van der Waals surface area contributed by atoms with Crippen molar-refractivity contribution in [1.82, 2.24) is 9.03 Å². The number of hydrogen-bond acceptors (Lipinski definition) is 3. The molecule has 2 rings (SSSR count). The van der Waals surface area contributed by atoms with Crippen LogP contribution in [0, 0.1) is 5.92 Å². The molecule has 1 aliphatic heterocycles. The van der Waals surface area contributed by atoms with Gasteiger partial charge in [-0.15, -0.1) is 0 Å². The van der Waals surface area contributed by atoms with Gasteiger partial charge in [-0.05, 0) is 30.7 Å². The van der Waals surface area contributed by atoms with Crippen molar-refractivity contribution in [2.75, 3.05) is 19.6 Å². The number of nitrogens with one attached hydrogen (secondary N) is 1. The highest BCUT2D eigenvalue weighted by Gasteiger charge is 2.26. The van der Waals surface area contributed by atoms with Crippen LogP contribution in [0.1, 0.15) is 37.9 Å². The van der Waals surface area contributed by atoms with Crippen molar-refractivity contribution in [3.05, 3.63) is 35.9 Å². The zero-order valence-corrected chi connectivity index (χ0v) is 13.2. The molecular weight excluding hydrogens is 288 g/mol. The third kappa shape index (κ3) is 4.78. The summed E-state index contributed by atoms with van der Waals surface area (Å²) in [5.74, 6) is 0.408. The van der Waals surface area contributed by atoms with Crippen LogP contribution in [0.3, 0.4) is 0 Å². The summed E-state index contributed by atoms with van der Waals surface area (Å²) in [6.07, 6.45) is 1.72. The molecule has 0 amide bonds. The van der Waals surface area contributed by atoms with Crippen molar-refractivity contribution in [2.24, 2.45) is 5.92 Å². The van der Waals surface area contributed by atoms with Crippen LogP contribution in [-0.4, -0.2) is 37.5 Å². The quantitative estimate of drug-likeness (QED) is 0.839. The molecule has 0 saturated carbocycles. The lowest BCUT2D eigenvalue weighted by atomic mass is 10.0. The lowest BCUT2D eigenvalue weighted by molar-refractivity contribution is 0.168. The predicted octanol–water partition coefficient (Wildman–Crippen LogP) is 1.68. The van der Waals surface area contributed by atoms with E-state index in [9.17, 15) is 13.5 Å². The van der Waals surface area contributed by atoms with Gasteiger partial charge in [0.15, 0.2) is 0 Å². The standard InChI is InChI=1S/C15H24N2O3S/c1-13-6-5-11-17(12-13)21(19,20)16-10-9-15(18)14-7-3-2-4-8-14/h2-4,7-8,13,15-16,18H,5-6,9-12H2,1H3. The first-order valence-corrected chi connectivity index (χ1v) is 8.91.